The van der Waals surface area contributed by atoms with Gasteiger partial charge in [0.25, 0.3) is 0 Å². The molecular formula is C17H28N2O. The second-order valence-electron chi connectivity index (χ2n) is 6.98. The Bertz CT molecular complexity index is 426. The molecule has 112 valence electrons. The molecule has 3 heteroatoms. The molecule has 2 aliphatic rings. The zero-order valence-corrected chi connectivity index (χ0v) is 12.7. The van der Waals surface area contributed by atoms with Gasteiger partial charge in [-0.2, -0.15) is 5.10 Å². The molecule has 1 heterocycles. The number of hydrogen-bond acceptors (Lipinski definition) is 2. The topological polar surface area (TPSA) is 38.0 Å². The van der Waals surface area contributed by atoms with Gasteiger partial charge in [0.15, 0.2) is 0 Å². The van der Waals surface area contributed by atoms with Crippen LogP contribution in [0.5, 0.6) is 0 Å². The summed E-state index contributed by atoms with van der Waals surface area (Å²) in [5.74, 6) is 0.825. The second kappa shape index (κ2) is 5.88. The van der Waals surface area contributed by atoms with Crippen LogP contribution in [0, 0.1) is 5.92 Å². The van der Waals surface area contributed by atoms with Gasteiger partial charge in [0, 0.05) is 12.6 Å². The van der Waals surface area contributed by atoms with Gasteiger partial charge in [0.2, 0.25) is 0 Å². The minimum Gasteiger partial charge on any atom is -0.389 e. The van der Waals surface area contributed by atoms with Crippen LogP contribution in [-0.4, -0.2) is 20.5 Å². The first-order valence-electron chi connectivity index (χ1n) is 8.45. The van der Waals surface area contributed by atoms with Crippen LogP contribution >= 0.6 is 0 Å². The Balaban J connectivity index is 1.60. The quantitative estimate of drug-likeness (QED) is 0.906. The molecule has 0 saturated heterocycles. The zero-order chi connectivity index (χ0) is 14.0. The molecule has 0 aromatic carbocycles. The molecule has 2 aliphatic carbocycles. The van der Waals surface area contributed by atoms with Gasteiger partial charge in [-0.3, -0.25) is 4.68 Å². The van der Waals surface area contributed by atoms with Crippen molar-refractivity contribution in [2.75, 3.05) is 0 Å². The lowest BCUT2D eigenvalue weighted by Gasteiger charge is -2.35. The SMILES string of the molecule is CCC1CCC(O)(Cc2ccn(C3CCCC3)n2)CC1. The van der Waals surface area contributed by atoms with Crippen LogP contribution in [0.1, 0.15) is 76.4 Å². The minimum atomic E-state index is -0.499. The molecule has 1 N–H and O–H groups in total. The van der Waals surface area contributed by atoms with Crippen LogP contribution in [0.15, 0.2) is 12.3 Å². The molecule has 2 fully saturated rings. The summed E-state index contributed by atoms with van der Waals surface area (Å²) in [6.45, 7) is 2.26. The molecule has 0 unspecified atom stereocenters. The zero-order valence-electron chi connectivity index (χ0n) is 12.7. The highest BCUT2D eigenvalue weighted by Crippen LogP contribution is 2.36. The van der Waals surface area contributed by atoms with Crippen LogP contribution in [-0.2, 0) is 6.42 Å². The molecule has 3 nitrogen and oxygen atoms in total. The van der Waals surface area contributed by atoms with Gasteiger partial charge >= 0.3 is 0 Å². The number of aromatic nitrogens is 2. The summed E-state index contributed by atoms with van der Waals surface area (Å²) in [5, 5.41) is 15.5. The van der Waals surface area contributed by atoms with E-state index in [4.69, 9.17) is 5.10 Å². The highest BCUT2D eigenvalue weighted by Gasteiger charge is 2.33. The van der Waals surface area contributed by atoms with Crippen molar-refractivity contribution in [2.24, 2.45) is 5.92 Å². The molecule has 0 spiro atoms. The summed E-state index contributed by atoms with van der Waals surface area (Å²) < 4.78 is 2.14. The van der Waals surface area contributed by atoms with E-state index in [0.29, 0.717) is 6.04 Å². The maximum atomic E-state index is 10.8. The highest BCUT2D eigenvalue weighted by molar-refractivity contribution is 5.06. The number of nitrogens with zero attached hydrogens (tertiary/aromatic N) is 2. The first-order chi connectivity index (χ1) is 9.68. The van der Waals surface area contributed by atoms with E-state index < -0.39 is 5.60 Å². The lowest BCUT2D eigenvalue weighted by Crippen LogP contribution is -2.36. The first-order valence-corrected chi connectivity index (χ1v) is 8.45. The second-order valence-corrected chi connectivity index (χ2v) is 6.98. The highest BCUT2D eigenvalue weighted by atomic mass is 16.3. The number of hydrogen-bond donors (Lipinski definition) is 1. The van der Waals surface area contributed by atoms with Gasteiger partial charge in [-0.25, -0.2) is 0 Å². The first kappa shape index (κ1) is 14.1. The fourth-order valence-corrected chi connectivity index (χ4v) is 3.98. The Kier molecular flexibility index (Phi) is 4.16. The van der Waals surface area contributed by atoms with E-state index in [1.54, 1.807) is 0 Å². The van der Waals surface area contributed by atoms with Crippen LogP contribution in [0.4, 0.5) is 0 Å². The van der Waals surface area contributed by atoms with Crippen molar-refractivity contribution in [3.8, 4) is 0 Å². The third-order valence-electron chi connectivity index (χ3n) is 5.49. The Morgan fingerprint density at radius 2 is 1.95 bits per heavy atom. The van der Waals surface area contributed by atoms with Crippen LogP contribution in [0.2, 0.25) is 0 Å². The molecule has 0 atom stereocenters. The van der Waals surface area contributed by atoms with Gasteiger partial charge in [-0.05, 0) is 50.5 Å². The Labute approximate surface area is 122 Å². The van der Waals surface area contributed by atoms with Crippen LogP contribution < -0.4 is 0 Å². The standard InChI is InChI=1S/C17H28N2O/c1-2-14-7-10-17(20,11-8-14)13-15-9-12-19(18-15)16-5-3-4-6-16/h9,12,14,16,20H,2-8,10-11,13H2,1H3. The van der Waals surface area contributed by atoms with E-state index in [-0.39, 0.29) is 0 Å². The molecule has 1 aromatic heterocycles. The average Bonchev–Trinajstić information content (AvgIpc) is 3.10. The molecule has 0 amide bonds. The Morgan fingerprint density at radius 3 is 2.60 bits per heavy atom. The van der Waals surface area contributed by atoms with Crippen LogP contribution in [0.25, 0.3) is 0 Å². The lowest BCUT2D eigenvalue weighted by atomic mass is 9.76. The van der Waals surface area contributed by atoms with Crippen molar-refractivity contribution in [2.45, 2.75) is 82.8 Å². The largest absolute Gasteiger partial charge is 0.389 e. The van der Waals surface area contributed by atoms with E-state index in [2.05, 4.69) is 23.9 Å². The Hall–Kier alpha value is -0.830. The van der Waals surface area contributed by atoms with Crippen LogP contribution in [0.3, 0.4) is 0 Å². The van der Waals surface area contributed by atoms with E-state index in [1.165, 1.54) is 44.9 Å². The predicted octanol–water partition coefficient (Wildman–Crippen LogP) is 3.87. The smallest absolute Gasteiger partial charge is 0.0703 e. The Morgan fingerprint density at radius 1 is 1.25 bits per heavy atom. The molecule has 0 bridgehead atoms. The van der Waals surface area contributed by atoms with Gasteiger partial charge in [0.05, 0.1) is 17.3 Å². The van der Waals surface area contributed by atoms with Crippen molar-refractivity contribution < 1.29 is 5.11 Å². The predicted molar refractivity (Wildman–Crippen MR) is 80.6 cm³/mol. The molecule has 2 saturated carbocycles. The number of aliphatic hydroxyl groups is 1. The van der Waals surface area contributed by atoms with Gasteiger partial charge in [-0.1, -0.05) is 26.2 Å². The summed E-state index contributed by atoms with van der Waals surface area (Å²) in [5.41, 5.74) is 0.579. The van der Waals surface area contributed by atoms with Gasteiger partial charge < -0.3 is 5.11 Å². The van der Waals surface area contributed by atoms with E-state index in [1.807, 2.05) is 0 Å². The summed E-state index contributed by atoms with van der Waals surface area (Å²) in [4.78, 5) is 0. The maximum Gasteiger partial charge on any atom is 0.0703 e. The summed E-state index contributed by atoms with van der Waals surface area (Å²) >= 11 is 0. The lowest BCUT2D eigenvalue weighted by molar-refractivity contribution is -0.0101. The molecule has 0 radical (unpaired) electrons. The normalized spacial score (nSPS) is 31.8. The summed E-state index contributed by atoms with van der Waals surface area (Å²) in [7, 11) is 0. The molecule has 1 aromatic rings. The van der Waals surface area contributed by atoms with E-state index >= 15 is 0 Å². The van der Waals surface area contributed by atoms with E-state index in [9.17, 15) is 5.11 Å². The fourth-order valence-electron chi connectivity index (χ4n) is 3.98. The van der Waals surface area contributed by atoms with E-state index in [0.717, 1.165) is 30.9 Å². The minimum absolute atomic E-state index is 0.499. The fraction of sp³-hybridized carbons (Fsp3) is 0.824. The van der Waals surface area contributed by atoms with Crippen molar-refractivity contribution >= 4 is 0 Å². The third kappa shape index (κ3) is 3.08. The molecule has 0 aliphatic heterocycles. The summed E-state index contributed by atoms with van der Waals surface area (Å²) in [6.07, 6.45) is 13.6. The monoisotopic (exact) mass is 276 g/mol. The maximum absolute atomic E-state index is 10.8. The number of rotatable bonds is 4. The van der Waals surface area contributed by atoms with Gasteiger partial charge in [0.1, 0.15) is 0 Å². The van der Waals surface area contributed by atoms with Crippen molar-refractivity contribution in [3.63, 3.8) is 0 Å². The third-order valence-corrected chi connectivity index (χ3v) is 5.49. The molecule has 20 heavy (non-hydrogen) atoms. The molecule has 3 rings (SSSR count). The van der Waals surface area contributed by atoms with Gasteiger partial charge in [-0.15, -0.1) is 0 Å². The van der Waals surface area contributed by atoms with Crippen molar-refractivity contribution in [1.29, 1.82) is 0 Å². The van der Waals surface area contributed by atoms with Crippen molar-refractivity contribution in [1.82, 2.24) is 9.78 Å². The molecular weight excluding hydrogens is 248 g/mol. The summed E-state index contributed by atoms with van der Waals surface area (Å²) in [6, 6.07) is 2.72. The van der Waals surface area contributed by atoms with Crippen molar-refractivity contribution in [3.05, 3.63) is 18.0 Å². The average molecular weight is 276 g/mol.